The van der Waals surface area contributed by atoms with E-state index < -0.39 is 0 Å². The maximum atomic E-state index is 4.98. The Bertz CT molecular complexity index is 520. The highest BCUT2D eigenvalue weighted by molar-refractivity contribution is 5.69. The lowest BCUT2D eigenvalue weighted by Crippen LogP contribution is -1.98. The number of benzene rings is 1. The molecule has 0 fully saturated rings. The third kappa shape index (κ3) is 3.60. The van der Waals surface area contributed by atoms with E-state index >= 15 is 0 Å². The molecule has 0 saturated carbocycles. The zero-order valence-electron chi connectivity index (χ0n) is 11.9. The van der Waals surface area contributed by atoms with Crippen molar-refractivity contribution in [2.24, 2.45) is 0 Å². The molecule has 1 heterocycles. The zero-order chi connectivity index (χ0) is 13.5. The molecule has 1 aromatic heterocycles. The third-order valence-corrected chi connectivity index (χ3v) is 3.48. The van der Waals surface area contributed by atoms with E-state index in [0.717, 1.165) is 18.6 Å². The smallest absolute Gasteiger partial charge is 0.103 e. The molecule has 0 amide bonds. The first-order chi connectivity index (χ1) is 9.35. The minimum absolute atomic E-state index is 0.993. The van der Waals surface area contributed by atoms with Crippen LogP contribution in [-0.2, 0) is 12.8 Å². The van der Waals surface area contributed by atoms with Gasteiger partial charge in [-0.25, -0.2) is 0 Å². The van der Waals surface area contributed by atoms with Gasteiger partial charge < -0.3 is 4.42 Å². The third-order valence-electron chi connectivity index (χ3n) is 3.48. The van der Waals surface area contributed by atoms with Crippen LogP contribution in [0, 0.1) is 0 Å². The molecular weight excluding hydrogens is 232 g/mol. The average molecular weight is 254 g/mol. The second-order valence-corrected chi connectivity index (χ2v) is 4.71. The summed E-state index contributed by atoms with van der Waals surface area (Å²) < 4.78 is 4.98. The van der Waals surface area contributed by atoms with E-state index in [1.54, 1.807) is 6.26 Å². The second-order valence-electron chi connectivity index (χ2n) is 4.71. The van der Waals surface area contributed by atoms with E-state index in [1.165, 1.54) is 29.5 Å². The Kier molecular flexibility index (Phi) is 5.02. The minimum Gasteiger partial charge on any atom is -0.469 e. The highest BCUT2D eigenvalue weighted by Crippen LogP contribution is 2.27. The standard InChI is InChI=1S/C12H14.C6H8O/c1-2-10-7-5-8-11-6-3-4-9-12(10)11;1-2-6-4-3-5-7-6/h3-4,6-7,9H,2,5,8H2,1H3;3-5H,2H2,1H3. The average Bonchev–Trinajstić information content (AvgIpc) is 3.01. The number of furan rings is 1. The van der Waals surface area contributed by atoms with Crippen LogP contribution in [0.15, 0.2) is 53.2 Å². The van der Waals surface area contributed by atoms with Gasteiger partial charge in [0, 0.05) is 6.42 Å². The summed E-state index contributed by atoms with van der Waals surface area (Å²) in [6, 6.07) is 12.6. The molecule has 1 aliphatic rings. The van der Waals surface area contributed by atoms with Crippen LogP contribution in [0.4, 0.5) is 0 Å². The molecule has 1 nitrogen and oxygen atoms in total. The molecule has 100 valence electrons. The van der Waals surface area contributed by atoms with Crippen LogP contribution in [0.5, 0.6) is 0 Å². The molecular formula is C18H22O. The lowest BCUT2D eigenvalue weighted by molar-refractivity contribution is 0.516. The Balaban J connectivity index is 0.000000163. The summed E-state index contributed by atoms with van der Waals surface area (Å²) in [6.45, 7) is 4.30. The van der Waals surface area contributed by atoms with E-state index in [2.05, 4.69) is 44.2 Å². The first-order valence-electron chi connectivity index (χ1n) is 7.14. The highest BCUT2D eigenvalue weighted by Gasteiger charge is 2.08. The van der Waals surface area contributed by atoms with Gasteiger partial charge in [-0.1, -0.05) is 44.2 Å². The van der Waals surface area contributed by atoms with Crippen LogP contribution < -0.4 is 0 Å². The summed E-state index contributed by atoms with van der Waals surface area (Å²) >= 11 is 0. The summed E-state index contributed by atoms with van der Waals surface area (Å²) in [4.78, 5) is 0. The first kappa shape index (κ1) is 13.7. The van der Waals surface area contributed by atoms with Gasteiger partial charge in [-0.05, 0) is 48.1 Å². The van der Waals surface area contributed by atoms with Gasteiger partial charge in [0.05, 0.1) is 6.26 Å². The minimum atomic E-state index is 0.993. The molecule has 0 bridgehead atoms. The largest absolute Gasteiger partial charge is 0.469 e. The van der Waals surface area contributed by atoms with Crippen molar-refractivity contribution < 1.29 is 4.42 Å². The first-order valence-corrected chi connectivity index (χ1v) is 7.14. The van der Waals surface area contributed by atoms with Gasteiger partial charge in [0.2, 0.25) is 0 Å². The van der Waals surface area contributed by atoms with E-state index in [4.69, 9.17) is 4.42 Å². The molecule has 2 aromatic rings. The van der Waals surface area contributed by atoms with Gasteiger partial charge in [-0.3, -0.25) is 0 Å². The van der Waals surface area contributed by atoms with Crippen LogP contribution in [0.1, 0.15) is 43.6 Å². The van der Waals surface area contributed by atoms with Gasteiger partial charge in [0.15, 0.2) is 0 Å². The molecule has 0 saturated heterocycles. The summed E-state index contributed by atoms with van der Waals surface area (Å²) in [5, 5.41) is 0. The van der Waals surface area contributed by atoms with E-state index in [0.29, 0.717) is 0 Å². The molecule has 0 spiro atoms. The van der Waals surface area contributed by atoms with Gasteiger partial charge in [0.25, 0.3) is 0 Å². The number of fused-ring (bicyclic) bond motifs is 1. The predicted octanol–water partition coefficient (Wildman–Crippen LogP) is 5.27. The van der Waals surface area contributed by atoms with Gasteiger partial charge in [-0.2, -0.15) is 0 Å². The van der Waals surface area contributed by atoms with Crippen molar-refractivity contribution in [3.63, 3.8) is 0 Å². The Morgan fingerprint density at radius 2 is 1.84 bits per heavy atom. The molecule has 19 heavy (non-hydrogen) atoms. The molecule has 1 aromatic carbocycles. The number of hydrogen-bond donors (Lipinski definition) is 0. The fraction of sp³-hybridized carbons (Fsp3) is 0.333. The predicted molar refractivity (Wildman–Crippen MR) is 81.1 cm³/mol. The van der Waals surface area contributed by atoms with Gasteiger partial charge in [0.1, 0.15) is 5.76 Å². The van der Waals surface area contributed by atoms with Crippen molar-refractivity contribution in [2.45, 2.75) is 39.5 Å². The van der Waals surface area contributed by atoms with Crippen molar-refractivity contribution in [2.75, 3.05) is 0 Å². The maximum Gasteiger partial charge on any atom is 0.103 e. The molecule has 3 rings (SSSR count). The maximum absolute atomic E-state index is 4.98. The monoisotopic (exact) mass is 254 g/mol. The normalized spacial score (nSPS) is 13.1. The SMILES string of the molecule is CCC1=CCCc2ccccc21.CCc1ccco1. The molecule has 1 aliphatic carbocycles. The number of allylic oxidation sites excluding steroid dienone is 2. The highest BCUT2D eigenvalue weighted by atomic mass is 16.3. The van der Waals surface area contributed by atoms with Crippen molar-refractivity contribution >= 4 is 5.57 Å². The van der Waals surface area contributed by atoms with Crippen LogP contribution >= 0.6 is 0 Å². The summed E-state index contributed by atoms with van der Waals surface area (Å²) in [7, 11) is 0. The summed E-state index contributed by atoms with van der Waals surface area (Å²) in [5.74, 6) is 1.06. The Morgan fingerprint density at radius 3 is 2.47 bits per heavy atom. The molecule has 1 heteroatoms. The molecule has 0 aliphatic heterocycles. The molecule has 0 unspecified atom stereocenters. The quantitative estimate of drug-likeness (QED) is 0.711. The Hall–Kier alpha value is -1.76. The van der Waals surface area contributed by atoms with Gasteiger partial charge in [-0.15, -0.1) is 0 Å². The van der Waals surface area contributed by atoms with E-state index in [-0.39, 0.29) is 0 Å². The zero-order valence-corrected chi connectivity index (χ0v) is 11.9. The number of rotatable bonds is 2. The van der Waals surface area contributed by atoms with E-state index in [9.17, 15) is 0 Å². The Labute approximate surface area is 116 Å². The summed E-state index contributed by atoms with van der Waals surface area (Å²) in [5.41, 5.74) is 4.53. The fourth-order valence-electron chi connectivity index (χ4n) is 2.41. The van der Waals surface area contributed by atoms with Crippen LogP contribution in [0.2, 0.25) is 0 Å². The van der Waals surface area contributed by atoms with Crippen molar-refractivity contribution in [3.8, 4) is 0 Å². The lowest BCUT2D eigenvalue weighted by Gasteiger charge is -2.15. The second kappa shape index (κ2) is 6.98. The topological polar surface area (TPSA) is 13.1 Å². The van der Waals surface area contributed by atoms with Crippen molar-refractivity contribution in [3.05, 3.63) is 65.6 Å². The van der Waals surface area contributed by atoms with Crippen molar-refractivity contribution in [1.82, 2.24) is 0 Å². The van der Waals surface area contributed by atoms with Gasteiger partial charge >= 0.3 is 0 Å². The van der Waals surface area contributed by atoms with Crippen LogP contribution in [-0.4, -0.2) is 0 Å². The Morgan fingerprint density at radius 1 is 1.00 bits per heavy atom. The lowest BCUT2D eigenvalue weighted by atomic mass is 9.90. The fourth-order valence-corrected chi connectivity index (χ4v) is 2.41. The van der Waals surface area contributed by atoms with Crippen LogP contribution in [0.3, 0.4) is 0 Å². The molecule has 0 radical (unpaired) electrons. The van der Waals surface area contributed by atoms with Crippen LogP contribution in [0.25, 0.3) is 5.57 Å². The van der Waals surface area contributed by atoms with E-state index in [1.807, 2.05) is 12.1 Å². The molecule has 0 atom stereocenters. The summed E-state index contributed by atoms with van der Waals surface area (Å²) in [6.07, 6.45) is 8.67. The number of hydrogen-bond acceptors (Lipinski definition) is 1. The molecule has 0 N–H and O–H groups in total. The van der Waals surface area contributed by atoms with Crippen molar-refractivity contribution in [1.29, 1.82) is 0 Å². The number of aryl methyl sites for hydroxylation is 2.